The van der Waals surface area contributed by atoms with Gasteiger partial charge in [-0.2, -0.15) is 0 Å². The first-order valence-corrected chi connectivity index (χ1v) is 7.73. The molecule has 2 aromatic rings. The fourth-order valence-electron chi connectivity index (χ4n) is 3.41. The van der Waals surface area contributed by atoms with Gasteiger partial charge in [0.2, 0.25) is 0 Å². The monoisotopic (exact) mass is 285 g/mol. The van der Waals surface area contributed by atoms with Crippen LogP contribution < -0.4 is 0 Å². The van der Waals surface area contributed by atoms with Crippen molar-refractivity contribution in [3.05, 3.63) is 45.7 Å². The Morgan fingerprint density at radius 2 is 2.30 bits per heavy atom. The number of nitrogens with zero attached hydrogens (tertiary/aromatic N) is 3. The first-order valence-electron chi connectivity index (χ1n) is 6.92. The predicted molar refractivity (Wildman–Crippen MR) is 76.7 cm³/mol. The Hall–Kier alpha value is -1.75. The van der Waals surface area contributed by atoms with Crippen molar-refractivity contribution in [1.82, 2.24) is 14.9 Å². The van der Waals surface area contributed by atoms with Crippen molar-refractivity contribution in [2.75, 3.05) is 0 Å². The van der Waals surface area contributed by atoms with Crippen molar-refractivity contribution < 1.29 is 4.79 Å². The number of fused-ring (bicyclic) bond motifs is 4. The standard InChI is InChI=1S/C15H15N3OS/c1-9-2-5-14(20-9)15(19)18-10-3-4-13(18)11-7-16-8-17-12(11)6-10/h2,5,7-8,10,13H,3-4,6H2,1H3/t10-,13-/m0/s1. The van der Waals surface area contributed by atoms with Crippen LogP contribution in [0.25, 0.3) is 0 Å². The van der Waals surface area contributed by atoms with E-state index in [-0.39, 0.29) is 11.9 Å². The zero-order chi connectivity index (χ0) is 13.7. The summed E-state index contributed by atoms with van der Waals surface area (Å²) in [6.45, 7) is 2.04. The lowest BCUT2D eigenvalue weighted by atomic mass is 9.99. The maximum Gasteiger partial charge on any atom is 0.264 e. The number of hydrogen-bond acceptors (Lipinski definition) is 4. The van der Waals surface area contributed by atoms with E-state index in [2.05, 4.69) is 14.9 Å². The van der Waals surface area contributed by atoms with Crippen molar-refractivity contribution >= 4 is 17.2 Å². The van der Waals surface area contributed by atoms with Crippen molar-refractivity contribution in [3.8, 4) is 0 Å². The van der Waals surface area contributed by atoms with Crippen LogP contribution in [0.4, 0.5) is 0 Å². The number of carbonyl (C=O) groups excluding carboxylic acids is 1. The second-order valence-electron chi connectivity index (χ2n) is 5.50. The van der Waals surface area contributed by atoms with E-state index in [0.717, 1.165) is 35.4 Å². The quantitative estimate of drug-likeness (QED) is 0.809. The molecule has 1 fully saturated rings. The molecule has 20 heavy (non-hydrogen) atoms. The van der Waals surface area contributed by atoms with Crippen molar-refractivity contribution in [3.63, 3.8) is 0 Å². The molecule has 2 aliphatic rings. The molecule has 0 unspecified atom stereocenters. The Bertz CT molecular complexity index is 681. The highest BCUT2D eigenvalue weighted by atomic mass is 32.1. The summed E-state index contributed by atoms with van der Waals surface area (Å²) >= 11 is 1.58. The summed E-state index contributed by atoms with van der Waals surface area (Å²) in [6.07, 6.45) is 6.45. The van der Waals surface area contributed by atoms with Crippen LogP contribution in [0.15, 0.2) is 24.7 Å². The van der Waals surface area contributed by atoms with Crippen molar-refractivity contribution in [2.24, 2.45) is 0 Å². The van der Waals surface area contributed by atoms with Gasteiger partial charge < -0.3 is 4.90 Å². The van der Waals surface area contributed by atoms with Crippen LogP contribution in [0.3, 0.4) is 0 Å². The minimum atomic E-state index is 0.167. The molecule has 0 spiro atoms. The molecule has 4 rings (SSSR count). The van der Waals surface area contributed by atoms with Crippen LogP contribution in [0, 0.1) is 6.92 Å². The van der Waals surface area contributed by atoms with Crippen LogP contribution in [0.1, 0.15) is 44.7 Å². The highest BCUT2D eigenvalue weighted by Crippen LogP contribution is 2.43. The average molecular weight is 285 g/mol. The second kappa shape index (κ2) is 4.38. The number of rotatable bonds is 1. The third kappa shape index (κ3) is 1.69. The van der Waals surface area contributed by atoms with Gasteiger partial charge in [-0.05, 0) is 31.9 Å². The van der Waals surface area contributed by atoms with Crippen molar-refractivity contribution in [1.29, 1.82) is 0 Å². The van der Waals surface area contributed by atoms with Crippen LogP contribution in [-0.2, 0) is 6.42 Å². The van der Waals surface area contributed by atoms with Crippen LogP contribution >= 0.6 is 11.3 Å². The highest BCUT2D eigenvalue weighted by Gasteiger charge is 2.43. The summed E-state index contributed by atoms with van der Waals surface area (Å²) in [7, 11) is 0. The van der Waals surface area contributed by atoms with Gasteiger partial charge in [-0.15, -0.1) is 11.3 Å². The lowest BCUT2D eigenvalue weighted by Crippen LogP contribution is -2.42. The molecule has 5 heteroatoms. The van der Waals surface area contributed by atoms with Gasteiger partial charge in [0, 0.05) is 29.1 Å². The molecule has 2 aliphatic heterocycles. The summed E-state index contributed by atoms with van der Waals surface area (Å²) in [5, 5.41) is 0. The fraction of sp³-hybridized carbons (Fsp3) is 0.400. The molecule has 0 N–H and O–H groups in total. The molecule has 0 saturated carbocycles. The molecule has 2 bridgehead atoms. The third-order valence-corrected chi connectivity index (χ3v) is 5.29. The zero-order valence-corrected chi connectivity index (χ0v) is 12.1. The summed E-state index contributed by atoms with van der Waals surface area (Å²) in [5.74, 6) is 0.171. The molecule has 0 aromatic carbocycles. The van der Waals surface area contributed by atoms with Crippen LogP contribution in [-0.4, -0.2) is 26.8 Å². The molecule has 2 atom stereocenters. The second-order valence-corrected chi connectivity index (χ2v) is 6.79. The number of hydrogen-bond donors (Lipinski definition) is 0. The van der Waals surface area contributed by atoms with Gasteiger partial charge in [-0.25, -0.2) is 9.97 Å². The third-order valence-electron chi connectivity index (χ3n) is 4.30. The molecule has 2 aromatic heterocycles. The maximum atomic E-state index is 12.8. The Kier molecular flexibility index (Phi) is 2.63. The molecular formula is C15H15N3OS. The van der Waals surface area contributed by atoms with E-state index in [1.807, 2.05) is 25.3 Å². The minimum Gasteiger partial charge on any atom is -0.327 e. The van der Waals surface area contributed by atoms with Crippen molar-refractivity contribution in [2.45, 2.75) is 38.3 Å². The number of carbonyl (C=O) groups is 1. The fourth-order valence-corrected chi connectivity index (χ4v) is 4.22. The molecule has 4 nitrogen and oxygen atoms in total. The largest absolute Gasteiger partial charge is 0.327 e. The molecular weight excluding hydrogens is 270 g/mol. The predicted octanol–water partition coefficient (Wildman–Crippen LogP) is 2.75. The molecule has 1 amide bonds. The Labute approximate surface area is 121 Å². The Balaban J connectivity index is 1.73. The smallest absolute Gasteiger partial charge is 0.264 e. The number of thiophene rings is 1. The maximum absolute atomic E-state index is 12.8. The van der Waals surface area contributed by atoms with Gasteiger partial charge >= 0.3 is 0 Å². The van der Waals surface area contributed by atoms with E-state index >= 15 is 0 Å². The van der Waals surface area contributed by atoms with Gasteiger partial charge in [0.1, 0.15) is 6.33 Å². The Morgan fingerprint density at radius 3 is 3.10 bits per heavy atom. The molecule has 0 aliphatic carbocycles. The first kappa shape index (κ1) is 12.0. The van der Waals surface area contributed by atoms with E-state index in [4.69, 9.17) is 0 Å². The topological polar surface area (TPSA) is 46.1 Å². The lowest BCUT2D eigenvalue weighted by molar-refractivity contribution is 0.0649. The zero-order valence-electron chi connectivity index (χ0n) is 11.2. The normalized spacial score (nSPS) is 23.8. The van der Waals surface area contributed by atoms with E-state index in [1.165, 1.54) is 4.88 Å². The molecule has 102 valence electrons. The molecule has 0 radical (unpaired) electrons. The molecule has 4 heterocycles. The van der Waals surface area contributed by atoms with Gasteiger partial charge in [0.15, 0.2) is 0 Å². The number of aromatic nitrogens is 2. The summed E-state index contributed by atoms with van der Waals surface area (Å²) in [6, 6.07) is 4.43. The SMILES string of the molecule is Cc1ccc(C(=O)N2[C@H]3CC[C@H]2c2cncnc2C3)s1. The van der Waals surface area contributed by atoms with E-state index in [1.54, 1.807) is 17.7 Å². The van der Waals surface area contributed by atoms with Gasteiger partial charge in [0.05, 0.1) is 16.6 Å². The average Bonchev–Trinajstić information content (AvgIpc) is 3.02. The lowest BCUT2D eigenvalue weighted by Gasteiger charge is -2.35. The minimum absolute atomic E-state index is 0.167. The van der Waals surface area contributed by atoms with E-state index < -0.39 is 0 Å². The summed E-state index contributed by atoms with van der Waals surface area (Å²) in [4.78, 5) is 25.4. The summed E-state index contributed by atoms with van der Waals surface area (Å²) < 4.78 is 0. The van der Waals surface area contributed by atoms with Crippen LogP contribution in [0.2, 0.25) is 0 Å². The number of amides is 1. The summed E-state index contributed by atoms with van der Waals surface area (Å²) in [5.41, 5.74) is 2.27. The van der Waals surface area contributed by atoms with Gasteiger partial charge in [-0.3, -0.25) is 4.79 Å². The van der Waals surface area contributed by atoms with E-state index in [9.17, 15) is 4.79 Å². The Morgan fingerprint density at radius 1 is 1.40 bits per heavy atom. The number of aryl methyl sites for hydroxylation is 1. The van der Waals surface area contributed by atoms with Crippen LogP contribution in [0.5, 0.6) is 0 Å². The first-order chi connectivity index (χ1) is 9.74. The highest BCUT2D eigenvalue weighted by molar-refractivity contribution is 7.13. The molecule has 1 saturated heterocycles. The van der Waals surface area contributed by atoms with Gasteiger partial charge in [0.25, 0.3) is 5.91 Å². The van der Waals surface area contributed by atoms with Gasteiger partial charge in [-0.1, -0.05) is 0 Å². The van der Waals surface area contributed by atoms with E-state index in [0.29, 0.717) is 6.04 Å².